The van der Waals surface area contributed by atoms with Crippen LogP contribution in [-0.4, -0.2) is 35.0 Å². The van der Waals surface area contributed by atoms with Crippen molar-refractivity contribution in [2.45, 2.75) is 18.9 Å². The molecule has 1 aromatic carbocycles. The molecular formula is C16H16Cl2N4O. The normalized spacial score (nSPS) is 17.3. The van der Waals surface area contributed by atoms with E-state index in [1.165, 1.54) is 6.33 Å². The van der Waals surface area contributed by atoms with E-state index in [2.05, 4.69) is 20.2 Å². The van der Waals surface area contributed by atoms with Gasteiger partial charge in [0.05, 0.1) is 17.1 Å². The number of hydrogen-bond donors (Lipinski definition) is 1. The minimum absolute atomic E-state index is 0.0196. The Labute approximate surface area is 144 Å². The molecule has 0 radical (unpaired) electrons. The van der Waals surface area contributed by atoms with Crippen molar-refractivity contribution in [3.63, 3.8) is 0 Å². The summed E-state index contributed by atoms with van der Waals surface area (Å²) in [6.45, 7) is 1.58. The van der Waals surface area contributed by atoms with Crippen molar-refractivity contribution < 1.29 is 4.79 Å². The highest BCUT2D eigenvalue weighted by Crippen LogP contribution is 2.31. The molecule has 3 rings (SSSR count). The van der Waals surface area contributed by atoms with E-state index in [9.17, 15) is 4.79 Å². The molecule has 2 heterocycles. The van der Waals surface area contributed by atoms with Crippen molar-refractivity contribution in [1.82, 2.24) is 15.3 Å². The molecule has 120 valence electrons. The van der Waals surface area contributed by atoms with Crippen LogP contribution >= 0.6 is 23.2 Å². The standard InChI is InChI=1S/C16H16Cl2N4O/c17-12-1-2-15(14(18)6-12)22-4-3-13(9-22)21-16(23)5-11-7-19-10-20-8-11/h1-2,6-8,10,13H,3-5,9H2,(H,21,23). The second kappa shape index (κ2) is 7.15. The number of aromatic nitrogens is 2. The Morgan fingerprint density at radius 1 is 1.30 bits per heavy atom. The van der Waals surface area contributed by atoms with E-state index in [1.807, 2.05) is 12.1 Å². The molecule has 1 N–H and O–H groups in total. The molecule has 0 aliphatic carbocycles. The molecular weight excluding hydrogens is 335 g/mol. The summed E-state index contributed by atoms with van der Waals surface area (Å²) >= 11 is 12.2. The highest BCUT2D eigenvalue weighted by atomic mass is 35.5. The maximum absolute atomic E-state index is 12.1. The van der Waals surface area contributed by atoms with Gasteiger partial charge in [-0.25, -0.2) is 9.97 Å². The number of hydrogen-bond acceptors (Lipinski definition) is 4. The van der Waals surface area contributed by atoms with Crippen LogP contribution in [0.4, 0.5) is 5.69 Å². The minimum atomic E-state index is -0.0196. The zero-order valence-corrected chi connectivity index (χ0v) is 13.9. The summed E-state index contributed by atoms with van der Waals surface area (Å²) in [5.74, 6) is -0.0196. The lowest BCUT2D eigenvalue weighted by Gasteiger charge is -2.20. The van der Waals surface area contributed by atoms with E-state index >= 15 is 0 Å². The Morgan fingerprint density at radius 2 is 2.09 bits per heavy atom. The van der Waals surface area contributed by atoms with Gasteiger partial charge in [0.25, 0.3) is 0 Å². The molecule has 1 aromatic heterocycles. The van der Waals surface area contributed by atoms with E-state index in [4.69, 9.17) is 23.2 Å². The van der Waals surface area contributed by atoms with Crippen molar-refractivity contribution in [3.8, 4) is 0 Å². The molecule has 1 amide bonds. The van der Waals surface area contributed by atoms with Crippen LogP contribution in [-0.2, 0) is 11.2 Å². The molecule has 0 saturated carbocycles. The highest BCUT2D eigenvalue weighted by Gasteiger charge is 2.25. The lowest BCUT2D eigenvalue weighted by molar-refractivity contribution is -0.121. The molecule has 1 saturated heterocycles. The molecule has 1 unspecified atom stereocenters. The van der Waals surface area contributed by atoms with Crippen LogP contribution in [0.25, 0.3) is 0 Å². The quantitative estimate of drug-likeness (QED) is 0.920. The van der Waals surface area contributed by atoms with Gasteiger partial charge >= 0.3 is 0 Å². The molecule has 1 fully saturated rings. The van der Waals surface area contributed by atoms with Crippen molar-refractivity contribution in [3.05, 3.63) is 52.5 Å². The van der Waals surface area contributed by atoms with Gasteiger partial charge in [0.15, 0.2) is 0 Å². The van der Waals surface area contributed by atoms with Crippen LogP contribution in [0.5, 0.6) is 0 Å². The number of nitrogens with zero attached hydrogens (tertiary/aromatic N) is 3. The molecule has 5 nitrogen and oxygen atoms in total. The minimum Gasteiger partial charge on any atom is -0.368 e. The number of carbonyl (C=O) groups is 1. The van der Waals surface area contributed by atoms with Crippen LogP contribution in [0.2, 0.25) is 10.0 Å². The Kier molecular flexibility index (Phi) is 4.98. The Balaban J connectivity index is 1.56. The fourth-order valence-electron chi connectivity index (χ4n) is 2.72. The third-order valence-corrected chi connectivity index (χ3v) is 4.32. The molecule has 1 atom stereocenters. The summed E-state index contributed by atoms with van der Waals surface area (Å²) in [7, 11) is 0. The number of rotatable bonds is 4. The molecule has 23 heavy (non-hydrogen) atoms. The van der Waals surface area contributed by atoms with Gasteiger partial charge in [-0.1, -0.05) is 23.2 Å². The second-order valence-electron chi connectivity index (χ2n) is 5.52. The Morgan fingerprint density at radius 3 is 2.83 bits per heavy atom. The van der Waals surface area contributed by atoms with Gasteiger partial charge in [-0.3, -0.25) is 4.79 Å². The van der Waals surface area contributed by atoms with E-state index in [1.54, 1.807) is 18.5 Å². The maximum Gasteiger partial charge on any atom is 0.224 e. The molecule has 1 aliphatic rings. The van der Waals surface area contributed by atoms with Gasteiger partial charge in [0.1, 0.15) is 6.33 Å². The molecule has 7 heteroatoms. The fourth-order valence-corrected chi connectivity index (χ4v) is 3.25. The summed E-state index contributed by atoms with van der Waals surface area (Å²) in [4.78, 5) is 22.1. The van der Waals surface area contributed by atoms with Crippen molar-refractivity contribution in [1.29, 1.82) is 0 Å². The summed E-state index contributed by atoms with van der Waals surface area (Å²) in [6.07, 6.45) is 5.93. The second-order valence-corrected chi connectivity index (χ2v) is 6.36. The Hall–Kier alpha value is -1.85. The predicted octanol–water partition coefficient (Wildman–Crippen LogP) is 2.72. The number of nitrogens with one attached hydrogen (secondary N) is 1. The van der Waals surface area contributed by atoms with Crippen LogP contribution in [0.15, 0.2) is 36.9 Å². The SMILES string of the molecule is O=C(Cc1cncnc1)NC1CCN(c2ccc(Cl)cc2Cl)C1. The molecule has 0 bridgehead atoms. The summed E-state index contributed by atoms with van der Waals surface area (Å²) in [5.41, 5.74) is 1.75. The topological polar surface area (TPSA) is 58.1 Å². The van der Waals surface area contributed by atoms with Crippen LogP contribution < -0.4 is 10.2 Å². The average molecular weight is 351 g/mol. The van der Waals surface area contributed by atoms with Gasteiger partial charge < -0.3 is 10.2 Å². The first-order valence-corrected chi connectivity index (χ1v) is 8.10. The third-order valence-electron chi connectivity index (χ3n) is 3.78. The van der Waals surface area contributed by atoms with Gasteiger partial charge in [-0.05, 0) is 30.2 Å². The molecule has 2 aromatic rings. The van der Waals surface area contributed by atoms with Gasteiger partial charge in [0, 0.05) is 36.5 Å². The van der Waals surface area contributed by atoms with Gasteiger partial charge in [-0.2, -0.15) is 0 Å². The summed E-state index contributed by atoms with van der Waals surface area (Å²) < 4.78 is 0. The van der Waals surface area contributed by atoms with Crippen LogP contribution in [0.3, 0.4) is 0 Å². The fraction of sp³-hybridized carbons (Fsp3) is 0.312. The third kappa shape index (κ3) is 4.12. The predicted molar refractivity (Wildman–Crippen MR) is 91.0 cm³/mol. The number of halogens is 2. The van der Waals surface area contributed by atoms with Crippen LogP contribution in [0, 0.1) is 0 Å². The van der Waals surface area contributed by atoms with Crippen molar-refractivity contribution in [2.75, 3.05) is 18.0 Å². The first kappa shape index (κ1) is 16.0. The summed E-state index contributed by atoms with van der Waals surface area (Å²) in [5, 5.41) is 4.30. The van der Waals surface area contributed by atoms with E-state index in [-0.39, 0.29) is 11.9 Å². The highest BCUT2D eigenvalue weighted by molar-refractivity contribution is 6.36. The van der Waals surface area contributed by atoms with Gasteiger partial charge in [-0.15, -0.1) is 0 Å². The molecule has 0 spiro atoms. The average Bonchev–Trinajstić information content (AvgIpc) is 2.96. The maximum atomic E-state index is 12.1. The first-order chi connectivity index (χ1) is 11.1. The molecule has 1 aliphatic heterocycles. The number of benzene rings is 1. The van der Waals surface area contributed by atoms with E-state index in [0.29, 0.717) is 16.5 Å². The lowest BCUT2D eigenvalue weighted by atomic mass is 10.2. The number of anilines is 1. The number of carbonyl (C=O) groups excluding carboxylic acids is 1. The van der Waals surface area contributed by atoms with Crippen molar-refractivity contribution in [2.24, 2.45) is 0 Å². The largest absolute Gasteiger partial charge is 0.368 e. The summed E-state index contributed by atoms with van der Waals surface area (Å²) in [6, 6.07) is 5.58. The van der Waals surface area contributed by atoms with Crippen molar-refractivity contribution >= 4 is 34.8 Å². The van der Waals surface area contributed by atoms with E-state index < -0.39 is 0 Å². The lowest BCUT2D eigenvalue weighted by Crippen LogP contribution is -2.38. The van der Waals surface area contributed by atoms with Gasteiger partial charge in [0.2, 0.25) is 5.91 Å². The zero-order chi connectivity index (χ0) is 16.2. The van der Waals surface area contributed by atoms with E-state index in [0.717, 1.165) is 30.8 Å². The smallest absolute Gasteiger partial charge is 0.224 e. The van der Waals surface area contributed by atoms with Crippen LogP contribution in [0.1, 0.15) is 12.0 Å². The first-order valence-electron chi connectivity index (χ1n) is 7.35. The Bertz CT molecular complexity index is 696. The monoisotopic (exact) mass is 350 g/mol. The zero-order valence-electron chi connectivity index (χ0n) is 12.4. The number of amides is 1.